The van der Waals surface area contributed by atoms with Crippen LogP contribution < -0.4 is 10.6 Å². The highest BCUT2D eigenvalue weighted by Gasteiger charge is 2.13. The van der Waals surface area contributed by atoms with Gasteiger partial charge in [-0.05, 0) is 87.2 Å². The molecule has 1 saturated heterocycles. The summed E-state index contributed by atoms with van der Waals surface area (Å²) < 4.78 is 0. The molecule has 0 aliphatic carbocycles. The van der Waals surface area contributed by atoms with Crippen molar-refractivity contribution in [1.82, 2.24) is 25.1 Å². The fourth-order valence-corrected chi connectivity index (χ4v) is 4.29. The summed E-state index contributed by atoms with van der Waals surface area (Å²) in [6, 6.07) is 4.35. The molecular weight excluding hydrogens is 430 g/mol. The molecule has 184 valence electrons. The summed E-state index contributed by atoms with van der Waals surface area (Å²) in [7, 11) is 0. The number of rotatable bonds is 7. The molecule has 1 aliphatic rings. The fraction of sp³-hybridized carbons (Fsp3) is 0.333. The summed E-state index contributed by atoms with van der Waals surface area (Å²) in [5, 5.41) is 9.79. The maximum absolute atomic E-state index is 4.62. The van der Waals surface area contributed by atoms with E-state index in [1.807, 2.05) is 64.4 Å². The Labute approximate surface area is 209 Å². The Bertz CT molecular complexity index is 1300. The zero-order chi connectivity index (χ0) is 25.2. The lowest BCUT2D eigenvalue weighted by molar-refractivity contribution is 0.331. The number of allylic oxidation sites excluding steroid dienone is 4. The molecule has 0 saturated carbocycles. The van der Waals surface area contributed by atoms with Crippen LogP contribution in [0.2, 0.25) is 0 Å². The number of nitrogens with zero attached hydrogens (tertiary/aromatic N) is 3. The molecule has 0 bridgehead atoms. The Balaban J connectivity index is 0.00000167. The number of hydrogen-bond acceptors (Lipinski definition) is 3. The SMILES string of the molecule is C=C(/C=c1/c(-c2cc(/C=C\C=C/C)c(C)[nH]2)n[nH]/c1=C/C)c1cncc(CN2CCCC2)c1.CC. The molecule has 0 spiro atoms. The molecule has 0 aromatic carbocycles. The Morgan fingerprint density at radius 3 is 2.60 bits per heavy atom. The van der Waals surface area contributed by atoms with Crippen molar-refractivity contribution < 1.29 is 0 Å². The summed E-state index contributed by atoms with van der Waals surface area (Å²) in [6.45, 7) is 17.8. The van der Waals surface area contributed by atoms with Crippen LogP contribution in [-0.2, 0) is 6.54 Å². The molecule has 0 amide bonds. The molecule has 2 N–H and O–H groups in total. The van der Waals surface area contributed by atoms with Crippen molar-refractivity contribution >= 4 is 23.8 Å². The van der Waals surface area contributed by atoms with Gasteiger partial charge in [0.2, 0.25) is 0 Å². The van der Waals surface area contributed by atoms with Crippen molar-refractivity contribution in [1.29, 1.82) is 0 Å². The van der Waals surface area contributed by atoms with Gasteiger partial charge in [0, 0.05) is 29.9 Å². The molecule has 5 heteroatoms. The highest BCUT2D eigenvalue weighted by atomic mass is 15.1. The second-order valence-corrected chi connectivity index (χ2v) is 8.57. The van der Waals surface area contributed by atoms with Gasteiger partial charge in [-0.1, -0.05) is 50.8 Å². The van der Waals surface area contributed by atoms with E-state index in [2.05, 4.69) is 62.9 Å². The van der Waals surface area contributed by atoms with Crippen LogP contribution in [-0.4, -0.2) is 38.2 Å². The van der Waals surface area contributed by atoms with Crippen LogP contribution in [0.5, 0.6) is 0 Å². The lowest BCUT2D eigenvalue weighted by atomic mass is 10.1. The van der Waals surface area contributed by atoms with Crippen LogP contribution in [0.15, 0.2) is 49.3 Å². The quantitative estimate of drug-likeness (QED) is 0.442. The van der Waals surface area contributed by atoms with Crippen molar-refractivity contribution in [3.05, 3.63) is 82.3 Å². The molecule has 1 aliphatic heterocycles. The maximum atomic E-state index is 4.62. The van der Waals surface area contributed by atoms with Crippen molar-refractivity contribution in [2.45, 2.75) is 54.0 Å². The molecular formula is C30H39N5. The normalized spacial score (nSPS) is 15.3. The molecule has 3 aromatic heterocycles. The van der Waals surface area contributed by atoms with Crippen molar-refractivity contribution in [2.75, 3.05) is 13.1 Å². The standard InChI is InChI=1S/C28H33N5.C2H6/c1-5-7-8-11-23-16-27(30-21(23)4)28-25(26(6-2)31-32-28)14-20(3)24-15-22(17-29-18-24)19-33-12-9-10-13-33;1-2/h5-8,11,14-18,30-31H,3,9-10,12-13,19H2,1-2,4H3;1-2H3/b7-5-,11-8-,25-14+,26-6+;. The average molecular weight is 470 g/mol. The largest absolute Gasteiger partial charge is 0.357 e. The van der Waals surface area contributed by atoms with E-state index in [-0.39, 0.29) is 0 Å². The topological polar surface area (TPSA) is 60.6 Å². The molecule has 4 rings (SSSR count). The number of nitrogens with one attached hydrogen (secondary N) is 2. The Hall–Kier alpha value is -3.44. The van der Waals surface area contributed by atoms with E-state index in [0.717, 1.165) is 50.9 Å². The van der Waals surface area contributed by atoms with E-state index in [0.29, 0.717) is 0 Å². The van der Waals surface area contributed by atoms with E-state index in [1.165, 1.54) is 31.5 Å². The first-order valence-corrected chi connectivity index (χ1v) is 12.7. The zero-order valence-corrected chi connectivity index (χ0v) is 21.9. The predicted octanol–water partition coefficient (Wildman–Crippen LogP) is 5.61. The van der Waals surface area contributed by atoms with E-state index in [4.69, 9.17) is 0 Å². The monoisotopic (exact) mass is 469 g/mol. The van der Waals surface area contributed by atoms with Crippen LogP contribution in [0.3, 0.4) is 0 Å². The van der Waals surface area contributed by atoms with Gasteiger partial charge in [-0.15, -0.1) is 0 Å². The summed E-state index contributed by atoms with van der Waals surface area (Å²) >= 11 is 0. The summed E-state index contributed by atoms with van der Waals surface area (Å²) in [5.41, 5.74) is 7.33. The van der Waals surface area contributed by atoms with E-state index < -0.39 is 0 Å². The van der Waals surface area contributed by atoms with Crippen molar-refractivity contribution in [3.8, 4) is 11.4 Å². The number of H-pyrrole nitrogens is 2. The number of aromatic amines is 2. The van der Waals surface area contributed by atoms with Crippen molar-refractivity contribution in [2.24, 2.45) is 0 Å². The maximum Gasteiger partial charge on any atom is 0.116 e. The molecule has 35 heavy (non-hydrogen) atoms. The Kier molecular flexibility index (Phi) is 9.62. The lowest BCUT2D eigenvalue weighted by Gasteiger charge is -2.14. The average Bonchev–Trinajstić information content (AvgIpc) is 3.61. The van der Waals surface area contributed by atoms with Gasteiger partial charge in [0.05, 0.1) is 11.0 Å². The zero-order valence-electron chi connectivity index (χ0n) is 21.9. The first kappa shape index (κ1) is 26.2. The highest BCUT2D eigenvalue weighted by molar-refractivity contribution is 5.88. The number of pyridine rings is 1. The minimum absolute atomic E-state index is 0.888. The van der Waals surface area contributed by atoms with Gasteiger partial charge in [-0.25, -0.2) is 0 Å². The molecule has 1 fully saturated rings. The Morgan fingerprint density at radius 1 is 1.11 bits per heavy atom. The first-order valence-electron chi connectivity index (χ1n) is 12.7. The van der Waals surface area contributed by atoms with E-state index in [9.17, 15) is 0 Å². The van der Waals surface area contributed by atoms with Crippen LogP contribution >= 0.6 is 0 Å². The predicted molar refractivity (Wildman–Crippen MR) is 150 cm³/mol. The van der Waals surface area contributed by atoms with E-state index >= 15 is 0 Å². The smallest absolute Gasteiger partial charge is 0.116 e. The van der Waals surface area contributed by atoms with Crippen LogP contribution in [0.25, 0.3) is 35.2 Å². The van der Waals surface area contributed by atoms with Gasteiger partial charge in [0.1, 0.15) is 5.69 Å². The molecule has 3 aromatic rings. The van der Waals surface area contributed by atoms with Crippen LogP contribution in [0.1, 0.15) is 62.9 Å². The first-order chi connectivity index (χ1) is 17.1. The van der Waals surface area contributed by atoms with Gasteiger partial charge < -0.3 is 4.98 Å². The van der Waals surface area contributed by atoms with Crippen LogP contribution in [0, 0.1) is 6.92 Å². The van der Waals surface area contributed by atoms with Gasteiger partial charge in [-0.2, -0.15) is 5.10 Å². The van der Waals surface area contributed by atoms with Gasteiger partial charge in [-0.3, -0.25) is 15.0 Å². The molecule has 0 radical (unpaired) electrons. The second kappa shape index (κ2) is 12.9. The minimum Gasteiger partial charge on any atom is -0.357 e. The summed E-state index contributed by atoms with van der Waals surface area (Å²) in [4.78, 5) is 10.5. The third-order valence-electron chi connectivity index (χ3n) is 6.10. The molecule has 4 heterocycles. The lowest BCUT2D eigenvalue weighted by Crippen LogP contribution is -2.23. The highest BCUT2D eigenvalue weighted by Crippen LogP contribution is 2.20. The summed E-state index contributed by atoms with van der Waals surface area (Å²) in [5.74, 6) is 0. The molecule has 0 atom stereocenters. The number of hydrogen-bond donors (Lipinski definition) is 2. The second-order valence-electron chi connectivity index (χ2n) is 8.57. The van der Waals surface area contributed by atoms with Crippen molar-refractivity contribution in [3.63, 3.8) is 0 Å². The van der Waals surface area contributed by atoms with Gasteiger partial charge in [0.25, 0.3) is 0 Å². The van der Waals surface area contributed by atoms with Gasteiger partial charge >= 0.3 is 0 Å². The fourth-order valence-electron chi connectivity index (χ4n) is 4.29. The third-order valence-corrected chi connectivity index (χ3v) is 6.10. The Morgan fingerprint density at radius 2 is 1.89 bits per heavy atom. The van der Waals surface area contributed by atoms with Gasteiger partial charge in [0.15, 0.2) is 0 Å². The minimum atomic E-state index is 0.888. The molecule has 0 unspecified atom stereocenters. The number of aromatic nitrogens is 4. The third kappa shape index (κ3) is 6.58. The van der Waals surface area contributed by atoms with Crippen LogP contribution in [0.4, 0.5) is 0 Å². The number of aryl methyl sites for hydroxylation is 1. The van der Waals surface area contributed by atoms with E-state index in [1.54, 1.807) is 0 Å². The number of likely N-dealkylation sites (tertiary alicyclic amines) is 1. The summed E-state index contributed by atoms with van der Waals surface area (Å²) in [6.07, 6.45) is 18.8. The molecule has 5 nitrogen and oxygen atoms in total.